The predicted octanol–water partition coefficient (Wildman–Crippen LogP) is 0.0909. The molecule has 0 spiro atoms. The largest absolute Gasteiger partial charge is 0.481 e. The van der Waals surface area contributed by atoms with Gasteiger partial charge in [-0.1, -0.05) is 0 Å². The van der Waals surface area contributed by atoms with Gasteiger partial charge in [-0.25, -0.2) is 0 Å². The number of hydrogen-bond acceptors (Lipinski definition) is 1. The fraction of sp³-hybridized carbons (Fsp3) is 0.500. The predicted molar refractivity (Wildman–Crippen MR) is 13.3 cm³/mol. The molecule has 0 aromatic rings. The first-order chi connectivity index (χ1) is 1.73. The number of hydrogen-bond donors (Lipinski definition) is 1. The van der Waals surface area contributed by atoms with Gasteiger partial charge in [0.1, 0.15) is 0 Å². The zero-order valence-electron chi connectivity index (χ0n) is 2.69. The van der Waals surface area contributed by atoms with Crippen LogP contribution in [0.4, 0.5) is 0 Å². The number of aliphatic carboxylic acids is 1. The first-order valence-corrected chi connectivity index (χ1v) is 0.928. The van der Waals surface area contributed by atoms with Gasteiger partial charge in [-0.15, -0.1) is 0 Å². The fourth-order valence-electron chi connectivity index (χ4n) is 0. The molecule has 0 rings (SSSR count). The smallest absolute Gasteiger partial charge is 0.300 e. The number of carboxylic acid groups (broad SMARTS) is 1. The summed E-state index contributed by atoms with van der Waals surface area (Å²) in [4.78, 5) is 9.00. The maximum Gasteiger partial charge on any atom is 0.300 e. The van der Waals surface area contributed by atoms with E-state index in [0.29, 0.717) is 0 Å². The Kier molecular flexibility index (Phi) is 8.78. The van der Waals surface area contributed by atoms with Gasteiger partial charge in [0.15, 0.2) is 0 Å². The average molecular weight is 219 g/mol. The molecule has 0 atom stereocenters. The van der Waals surface area contributed by atoms with Gasteiger partial charge >= 0.3 is 0 Å². The van der Waals surface area contributed by atoms with Crippen LogP contribution in [0.5, 0.6) is 0 Å². The zero-order chi connectivity index (χ0) is 3.58. The third-order valence-corrected chi connectivity index (χ3v) is 0. The summed E-state index contributed by atoms with van der Waals surface area (Å²) < 4.78 is 0. The van der Waals surface area contributed by atoms with Gasteiger partial charge < -0.3 is 5.11 Å². The standard InChI is InChI=1S/C2H4O2.Tb/c1-2(3)4;/h1H3,(H,3,4);. The molecule has 0 saturated heterocycles. The van der Waals surface area contributed by atoms with Crippen molar-refractivity contribution in [2.24, 2.45) is 0 Å². The molecule has 0 aliphatic carbocycles. The van der Waals surface area contributed by atoms with Crippen LogP contribution in [0.3, 0.4) is 0 Å². The van der Waals surface area contributed by atoms with Crippen molar-refractivity contribution in [2.45, 2.75) is 6.92 Å². The summed E-state index contributed by atoms with van der Waals surface area (Å²) >= 11 is 0. The van der Waals surface area contributed by atoms with Crippen molar-refractivity contribution in [1.82, 2.24) is 0 Å². The van der Waals surface area contributed by atoms with Crippen LogP contribution >= 0.6 is 0 Å². The molecule has 0 amide bonds. The maximum atomic E-state index is 9.00. The maximum absolute atomic E-state index is 9.00. The molecule has 1 N–H and O–H groups in total. The van der Waals surface area contributed by atoms with Gasteiger partial charge in [-0.3, -0.25) is 4.79 Å². The van der Waals surface area contributed by atoms with E-state index < -0.39 is 5.97 Å². The Bertz CT molecular complexity index is 30.6. The van der Waals surface area contributed by atoms with E-state index in [4.69, 9.17) is 9.90 Å². The molecule has 0 bridgehead atoms. The van der Waals surface area contributed by atoms with E-state index >= 15 is 0 Å². The second-order valence-corrected chi connectivity index (χ2v) is 0.519. The molecule has 0 unspecified atom stereocenters. The Morgan fingerprint density at radius 2 is 1.80 bits per heavy atom. The van der Waals surface area contributed by atoms with Crippen molar-refractivity contribution >= 4 is 5.97 Å². The molecule has 0 aromatic carbocycles. The Morgan fingerprint density at radius 3 is 1.80 bits per heavy atom. The van der Waals surface area contributed by atoms with Crippen LogP contribution < -0.4 is 0 Å². The number of rotatable bonds is 0. The van der Waals surface area contributed by atoms with Crippen LogP contribution in [0.15, 0.2) is 0 Å². The van der Waals surface area contributed by atoms with Crippen molar-refractivity contribution in [3.8, 4) is 0 Å². The molecule has 1 radical (unpaired) electrons. The van der Waals surface area contributed by atoms with Crippen molar-refractivity contribution in [3.05, 3.63) is 0 Å². The number of carbonyl (C=O) groups is 1. The van der Waals surface area contributed by atoms with Gasteiger partial charge in [0.25, 0.3) is 5.97 Å². The van der Waals surface area contributed by atoms with E-state index in [0.717, 1.165) is 6.92 Å². The molecule has 0 aliphatic rings. The Balaban J connectivity index is 0. The van der Waals surface area contributed by atoms with Gasteiger partial charge in [-0.05, 0) is 0 Å². The zero-order valence-corrected chi connectivity index (χ0v) is 4.83. The summed E-state index contributed by atoms with van der Waals surface area (Å²) in [6, 6.07) is 0. The molecular formula is C2H4O2Tb. The third kappa shape index (κ3) is 63.2. The van der Waals surface area contributed by atoms with Gasteiger partial charge in [0, 0.05) is 45.5 Å². The first kappa shape index (κ1) is 9.23. The summed E-state index contributed by atoms with van der Waals surface area (Å²) in [6.45, 7) is 1.08. The van der Waals surface area contributed by atoms with Gasteiger partial charge in [-0.2, -0.15) is 0 Å². The van der Waals surface area contributed by atoms with E-state index in [9.17, 15) is 0 Å². The minimum absolute atomic E-state index is 0. The molecule has 0 aromatic heterocycles. The molecular weight excluding hydrogens is 215 g/mol. The minimum Gasteiger partial charge on any atom is -0.481 e. The summed E-state index contributed by atoms with van der Waals surface area (Å²) in [5, 5.41) is 7.42. The third-order valence-electron chi connectivity index (χ3n) is 0. The summed E-state index contributed by atoms with van der Waals surface area (Å²) in [5.41, 5.74) is 0. The Labute approximate surface area is 61.0 Å². The van der Waals surface area contributed by atoms with Crippen LogP contribution in [0.1, 0.15) is 6.92 Å². The molecule has 0 aliphatic heterocycles. The fourth-order valence-corrected chi connectivity index (χ4v) is 0. The molecule has 33 valence electrons. The van der Waals surface area contributed by atoms with Crippen LogP contribution in [-0.4, -0.2) is 11.1 Å². The van der Waals surface area contributed by atoms with Crippen molar-refractivity contribution < 1.29 is 48.5 Å². The molecule has 0 heterocycles. The topological polar surface area (TPSA) is 37.3 Å². The van der Waals surface area contributed by atoms with Crippen LogP contribution in [0.2, 0.25) is 0 Å². The normalized spacial score (nSPS) is 5.00. The first-order valence-electron chi connectivity index (χ1n) is 0.928. The van der Waals surface area contributed by atoms with Gasteiger partial charge in [0.05, 0.1) is 0 Å². The SMILES string of the molecule is CC(=O)O.[Tb]. The van der Waals surface area contributed by atoms with E-state index in [-0.39, 0.29) is 38.6 Å². The monoisotopic (exact) mass is 219 g/mol. The average Bonchev–Trinajstić information content (AvgIpc) is 0.811. The Hall–Kier alpha value is 0.756. The van der Waals surface area contributed by atoms with Crippen molar-refractivity contribution in [1.29, 1.82) is 0 Å². The van der Waals surface area contributed by atoms with E-state index in [1.54, 1.807) is 0 Å². The minimum atomic E-state index is -0.833. The molecule has 2 nitrogen and oxygen atoms in total. The molecule has 0 fully saturated rings. The van der Waals surface area contributed by atoms with Crippen molar-refractivity contribution in [3.63, 3.8) is 0 Å². The summed E-state index contributed by atoms with van der Waals surface area (Å²) in [7, 11) is 0. The van der Waals surface area contributed by atoms with E-state index in [2.05, 4.69) is 0 Å². The quantitative estimate of drug-likeness (QED) is 0.626. The van der Waals surface area contributed by atoms with Crippen LogP contribution in [-0.2, 0) is 4.79 Å². The summed E-state index contributed by atoms with van der Waals surface area (Å²) in [6.07, 6.45) is 0. The van der Waals surface area contributed by atoms with Crippen LogP contribution in [0, 0.1) is 38.6 Å². The van der Waals surface area contributed by atoms with E-state index in [1.807, 2.05) is 0 Å². The number of carboxylic acids is 1. The second kappa shape index (κ2) is 4.76. The van der Waals surface area contributed by atoms with Crippen molar-refractivity contribution in [2.75, 3.05) is 0 Å². The Morgan fingerprint density at radius 1 is 1.80 bits per heavy atom. The molecule has 0 saturated carbocycles. The summed E-state index contributed by atoms with van der Waals surface area (Å²) in [5.74, 6) is -0.833. The van der Waals surface area contributed by atoms with Crippen LogP contribution in [0.25, 0.3) is 0 Å². The second-order valence-electron chi connectivity index (χ2n) is 0.519. The van der Waals surface area contributed by atoms with Gasteiger partial charge in [0.2, 0.25) is 0 Å². The molecule has 3 heteroatoms. The van der Waals surface area contributed by atoms with E-state index in [1.165, 1.54) is 0 Å². The molecule has 5 heavy (non-hydrogen) atoms.